The number of hydrogen-bond donors (Lipinski definition) is 1. The van der Waals surface area contributed by atoms with Gasteiger partial charge in [-0.25, -0.2) is 4.79 Å². The Morgan fingerprint density at radius 1 is 1.09 bits per heavy atom. The molecule has 0 bridgehead atoms. The molecule has 3 rings (SSSR count). The fraction of sp³-hybridized carbons (Fsp3) is 0.316. The molecule has 0 amide bonds. The van der Waals surface area contributed by atoms with Gasteiger partial charge in [0, 0.05) is 12.1 Å². The summed E-state index contributed by atoms with van der Waals surface area (Å²) in [6, 6.07) is 15.0. The summed E-state index contributed by atoms with van der Waals surface area (Å²) >= 11 is 0. The van der Waals surface area contributed by atoms with Crippen molar-refractivity contribution in [2.45, 2.75) is 12.8 Å². The molecule has 23 heavy (non-hydrogen) atoms. The molecule has 1 saturated heterocycles. The highest BCUT2D eigenvalue weighted by Crippen LogP contribution is 2.31. The van der Waals surface area contributed by atoms with Crippen molar-refractivity contribution in [2.75, 3.05) is 26.2 Å². The summed E-state index contributed by atoms with van der Waals surface area (Å²) in [6.07, 6.45) is 2.51. The van der Waals surface area contributed by atoms with E-state index in [1.807, 2.05) is 36.4 Å². The topological polar surface area (TPSA) is 49.8 Å². The first-order valence-corrected chi connectivity index (χ1v) is 8.02. The molecule has 4 nitrogen and oxygen atoms in total. The number of aromatic carboxylic acids is 1. The molecule has 4 heteroatoms. The molecule has 1 heterocycles. The molecule has 0 saturated carbocycles. The van der Waals surface area contributed by atoms with Gasteiger partial charge in [-0.15, -0.1) is 0 Å². The molecular weight excluding hydrogens is 290 g/mol. The van der Waals surface area contributed by atoms with Crippen molar-refractivity contribution >= 4 is 5.97 Å². The van der Waals surface area contributed by atoms with E-state index in [-0.39, 0.29) is 5.56 Å². The van der Waals surface area contributed by atoms with E-state index in [2.05, 4.69) is 4.90 Å². The zero-order valence-electron chi connectivity index (χ0n) is 13.1. The van der Waals surface area contributed by atoms with Gasteiger partial charge in [0.15, 0.2) is 0 Å². The number of rotatable bonds is 6. The maximum absolute atomic E-state index is 11.2. The lowest BCUT2D eigenvalue weighted by Crippen LogP contribution is -2.25. The summed E-state index contributed by atoms with van der Waals surface area (Å²) in [5.41, 5.74) is 2.21. The Kier molecular flexibility index (Phi) is 4.93. The average molecular weight is 311 g/mol. The Morgan fingerprint density at radius 3 is 2.52 bits per heavy atom. The van der Waals surface area contributed by atoms with Crippen molar-refractivity contribution in [3.63, 3.8) is 0 Å². The smallest absolute Gasteiger partial charge is 0.335 e. The first kappa shape index (κ1) is 15.6. The van der Waals surface area contributed by atoms with Gasteiger partial charge in [-0.05, 0) is 49.7 Å². The van der Waals surface area contributed by atoms with E-state index >= 15 is 0 Å². The minimum absolute atomic E-state index is 0.251. The van der Waals surface area contributed by atoms with Crippen LogP contribution in [0.5, 0.6) is 5.75 Å². The highest BCUT2D eigenvalue weighted by atomic mass is 16.5. The summed E-state index contributed by atoms with van der Waals surface area (Å²) in [6.45, 7) is 3.71. The summed E-state index contributed by atoms with van der Waals surface area (Å²) in [5.74, 6) is -0.302. The Hall–Kier alpha value is -2.33. The molecule has 0 aliphatic carbocycles. The van der Waals surface area contributed by atoms with E-state index in [4.69, 9.17) is 4.74 Å². The van der Waals surface area contributed by atoms with Crippen molar-refractivity contribution in [2.24, 2.45) is 0 Å². The highest BCUT2D eigenvalue weighted by molar-refractivity contribution is 5.89. The van der Waals surface area contributed by atoms with Crippen LogP contribution in [0, 0.1) is 0 Å². The van der Waals surface area contributed by atoms with Gasteiger partial charge in [0.05, 0.1) is 5.56 Å². The molecule has 120 valence electrons. The van der Waals surface area contributed by atoms with E-state index in [1.54, 1.807) is 12.1 Å². The number of likely N-dealkylation sites (tertiary alicyclic amines) is 1. The zero-order valence-corrected chi connectivity index (χ0v) is 13.1. The number of carboxylic acids is 1. The van der Waals surface area contributed by atoms with Crippen LogP contribution in [-0.4, -0.2) is 42.2 Å². The summed E-state index contributed by atoms with van der Waals surface area (Å²) in [7, 11) is 0. The van der Waals surface area contributed by atoms with Crippen LogP contribution in [0.2, 0.25) is 0 Å². The van der Waals surface area contributed by atoms with Crippen LogP contribution in [-0.2, 0) is 0 Å². The molecule has 1 aliphatic rings. The number of nitrogens with zero attached hydrogens (tertiary/aromatic N) is 1. The van der Waals surface area contributed by atoms with Crippen LogP contribution in [0.15, 0.2) is 48.5 Å². The molecule has 1 aliphatic heterocycles. The third-order valence-corrected chi connectivity index (χ3v) is 4.18. The van der Waals surface area contributed by atoms with Crippen molar-refractivity contribution in [3.8, 4) is 16.9 Å². The van der Waals surface area contributed by atoms with Crippen molar-refractivity contribution in [3.05, 3.63) is 54.1 Å². The number of benzene rings is 2. The van der Waals surface area contributed by atoms with E-state index in [0.29, 0.717) is 12.4 Å². The number of carbonyl (C=O) groups is 1. The SMILES string of the molecule is O=C(O)c1ccc(-c2ccccc2)c(OCCN2CCCC2)c1. The number of hydrogen-bond acceptors (Lipinski definition) is 3. The fourth-order valence-electron chi connectivity index (χ4n) is 2.92. The second-order valence-corrected chi connectivity index (χ2v) is 5.78. The predicted molar refractivity (Wildman–Crippen MR) is 90.0 cm³/mol. The van der Waals surface area contributed by atoms with Gasteiger partial charge in [0.2, 0.25) is 0 Å². The lowest BCUT2D eigenvalue weighted by atomic mass is 10.0. The fourth-order valence-corrected chi connectivity index (χ4v) is 2.92. The van der Waals surface area contributed by atoms with Crippen LogP contribution in [0.4, 0.5) is 0 Å². The summed E-state index contributed by atoms with van der Waals surface area (Å²) < 4.78 is 5.94. The Labute approximate surface area is 136 Å². The van der Waals surface area contributed by atoms with Gasteiger partial charge in [-0.3, -0.25) is 4.90 Å². The second-order valence-electron chi connectivity index (χ2n) is 5.78. The summed E-state index contributed by atoms with van der Waals surface area (Å²) in [4.78, 5) is 13.6. The lowest BCUT2D eigenvalue weighted by molar-refractivity contribution is 0.0696. The standard InChI is InChI=1S/C19H21NO3/c21-19(22)16-8-9-17(15-6-2-1-3-7-15)18(14-16)23-13-12-20-10-4-5-11-20/h1-3,6-9,14H,4-5,10-13H2,(H,21,22). The molecule has 1 N–H and O–H groups in total. The van der Waals surface area contributed by atoms with Gasteiger partial charge in [-0.2, -0.15) is 0 Å². The van der Waals surface area contributed by atoms with Crippen LogP contribution in [0.3, 0.4) is 0 Å². The minimum Gasteiger partial charge on any atom is -0.492 e. The Morgan fingerprint density at radius 2 is 1.83 bits per heavy atom. The molecule has 0 atom stereocenters. The van der Waals surface area contributed by atoms with Gasteiger partial charge in [0.1, 0.15) is 12.4 Å². The largest absolute Gasteiger partial charge is 0.492 e. The molecule has 0 spiro atoms. The number of carboxylic acid groups (broad SMARTS) is 1. The first-order valence-electron chi connectivity index (χ1n) is 8.02. The van der Waals surface area contributed by atoms with Crippen LogP contribution >= 0.6 is 0 Å². The van der Waals surface area contributed by atoms with Crippen molar-refractivity contribution < 1.29 is 14.6 Å². The van der Waals surface area contributed by atoms with Crippen LogP contribution < -0.4 is 4.74 Å². The van der Waals surface area contributed by atoms with Gasteiger partial charge in [0.25, 0.3) is 0 Å². The van der Waals surface area contributed by atoms with Crippen LogP contribution in [0.25, 0.3) is 11.1 Å². The Balaban J connectivity index is 1.79. The molecular formula is C19H21NO3. The van der Waals surface area contributed by atoms with Crippen molar-refractivity contribution in [1.29, 1.82) is 0 Å². The predicted octanol–water partition coefficient (Wildman–Crippen LogP) is 3.53. The molecule has 1 fully saturated rings. The van der Waals surface area contributed by atoms with Gasteiger partial charge < -0.3 is 9.84 Å². The molecule has 0 unspecified atom stereocenters. The second kappa shape index (κ2) is 7.29. The molecule has 2 aromatic rings. The van der Waals surface area contributed by atoms with Crippen LogP contribution in [0.1, 0.15) is 23.2 Å². The zero-order chi connectivity index (χ0) is 16.1. The summed E-state index contributed by atoms with van der Waals surface area (Å²) in [5, 5.41) is 9.20. The van der Waals surface area contributed by atoms with Gasteiger partial charge >= 0.3 is 5.97 Å². The maximum atomic E-state index is 11.2. The van der Waals surface area contributed by atoms with E-state index in [9.17, 15) is 9.90 Å². The highest BCUT2D eigenvalue weighted by Gasteiger charge is 2.14. The average Bonchev–Trinajstić information content (AvgIpc) is 3.09. The molecule has 0 aromatic heterocycles. The van der Waals surface area contributed by atoms with Gasteiger partial charge in [-0.1, -0.05) is 30.3 Å². The van der Waals surface area contributed by atoms with Crippen molar-refractivity contribution in [1.82, 2.24) is 4.90 Å². The van der Waals surface area contributed by atoms with E-state index in [0.717, 1.165) is 30.8 Å². The maximum Gasteiger partial charge on any atom is 0.335 e. The first-order chi connectivity index (χ1) is 11.2. The molecule has 0 radical (unpaired) electrons. The Bertz CT molecular complexity index is 664. The van der Waals surface area contributed by atoms with E-state index < -0.39 is 5.97 Å². The quantitative estimate of drug-likeness (QED) is 0.886. The van der Waals surface area contributed by atoms with E-state index in [1.165, 1.54) is 12.8 Å². The third kappa shape index (κ3) is 3.90. The molecule has 2 aromatic carbocycles. The monoisotopic (exact) mass is 311 g/mol. The minimum atomic E-state index is -0.936. The number of ether oxygens (including phenoxy) is 1. The third-order valence-electron chi connectivity index (χ3n) is 4.18. The lowest BCUT2D eigenvalue weighted by Gasteiger charge is -2.17. The normalized spacial score (nSPS) is 14.8.